The zero-order valence-corrected chi connectivity index (χ0v) is 15.6. The van der Waals surface area contributed by atoms with E-state index in [4.69, 9.17) is 46.4 Å². The quantitative estimate of drug-likeness (QED) is 0.566. The summed E-state index contributed by atoms with van der Waals surface area (Å²) in [6.45, 7) is 0. The molecule has 1 heterocycles. The van der Waals surface area contributed by atoms with Gasteiger partial charge in [-0.2, -0.15) is 0 Å². The number of fused-ring (bicyclic) bond motifs is 1. The Hall–Kier alpha value is -1.11. The molecule has 0 aliphatic carbocycles. The second kappa shape index (κ2) is 6.65. The summed E-state index contributed by atoms with van der Waals surface area (Å²) in [6, 6.07) is 12.9. The molecule has 0 spiro atoms. The number of alkyl halides is 3. The van der Waals surface area contributed by atoms with E-state index in [-0.39, 0.29) is 0 Å². The average Bonchev–Trinajstić information content (AvgIpc) is 2.52. The topological polar surface area (TPSA) is 44.0 Å². The van der Waals surface area contributed by atoms with E-state index in [1.54, 1.807) is 48.5 Å². The third-order valence-corrected chi connectivity index (χ3v) is 4.82. The number of hydrogen-bond acceptors (Lipinski definition) is 3. The van der Waals surface area contributed by atoms with Crippen LogP contribution in [0, 0.1) is 0 Å². The van der Waals surface area contributed by atoms with Crippen molar-refractivity contribution in [3.05, 3.63) is 74.4 Å². The van der Waals surface area contributed by atoms with E-state index in [0.717, 1.165) is 4.57 Å². The summed E-state index contributed by atoms with van der Waals surface area (Å²) in [6.07, 6.45) is 0. The third kappa shape index (κ3) is 3.46. The zero-order chi connectivity index (χ0) is 17.5. The van der Waals surface area contributed by atoms with Crippen molar-refractivity contribution in [2.45, 2.75) is 3.12 Å². The molecule has 0 saturated carbocycles. The van der Waals surface area contributed by atoms with E-state index >= 15 is 0 Å². The highest BCUT2D eigenvalue weighted by atomic mass is 35.6. The first-order chi connectivity index (χ1) is 11.3. The van der Waals surface area contributed by atoms with Gasteiger partial charge in [0.1, 0.15) is 0 Å². The lowest BCUT2D eigenvalue weighted by Crippen LogP contribution is -2.37. The van der Waals surface area contributed by atoms with Crippen LogP contribution < -0.4 is 11.2 Å². The molecule has 0 fully saturated rings. The van der Waals surface area contributed by atoms with E-state index in [1.807, 2.05) is 0 Å². The van der Waals surface area contributed by atoms with Crippen LogP contribution in [0.15, 0.2) is 58.1 Å². The highest BCUT2D eigenvalue weighted by molar-refractivity contribution is 8.03. The van der Waals surface area contributed by atoms with Crippen molar-refractivity contribution in [1.29, 1.82) is 0 Å². The lowest BCUT2D eigenvalue weighted by atomic mass is 10.2. The van der Waals surface area contributed by atoms with E-state index in [0.29, 0.717) is 33.6 Å². The van der Waals surface area contributed by atoms with Crippen LogP contribution in [0.3, 0.4) is 0 Å². The number of rotatable bonds is 2. The molecule has 24 heavy (non-hydrogen) atoms. The maximum absolute atomic E-state index is 12.9. The van der Waals surface area contributed by atoms with E-state index in [9.17, 15) is 9.59 Å². The summed E-state index contributed by atoms with van der Waals surface area (Å²) in [5.41, 5.74) is -0.343. The fourth-order valence-electron chi connectivity index (χ4n) is 2.24. The summed E-state index contributed by atoms with van der Waals surface area (Å²) in [5, 5.41) is 0.817. The monoisotopic (exact) mass is 420 g/mol. The van der Waals surface area contributed by atoms with Gasteiger partial charge in [-0.15, -0.1) is 0 Å². The fourth-order valence-corrected chi connectivity index (χ4v) is 3.61. The number of halogens is 4. The maximum Gasteiger partial charge on any atom is 0.346 e. The lowest BCUT2D eigenvalue weighted by Gasteiger charge is -2.16. The number of para-hydroxylation sites is 1. The Bertz CT molecular complexity index is 1020. The minimum atomic E-state index is -1.77. The highest BCUT2D eigenvalue weighted by Gasteiger charge is 2.25. The Kier molecular flexibility index (Phi) is 4.91. The predicted octanol–water partition coefficient (Wildman–Crippen LogP) is 4.63. The minimum Gasteiger partial charge on any atom is -0.268 e. The second-order valence-electron chi connectivity index (χ2n) is 4.75. The molecule has 0 radical (unpaired) electrons. The molecule has 0 aliphatic heterocycles. The Morgan fingerprint density at radius 1 is 0.917 bits per heavy atom. The van der Waals surface area contributed by atoms with Crippen molar-refractivity contribution in [1.82, 2.24) is 8.54 Å². The van der Waals surface area contributed by atoms with Gasteiger partial charge in [-0.3, -0.25) is 4.79 Å². The summed E-state index contributed by atoms with van der Waals surface area (Å²) >= 11 is 24.0. The van der Waals surface area contributed by atoms with Crippen molar-refractivity contribution < 1.29 is 0 Å². The van der Waals surface area contributed by atoms with Gasteiger partial charge in [-0.1, -0.05) is 58.5 Å². The molecule has 0 atom stereocenters. The van der Waals surface area contributed by atoms with Gasteiger partial charge in [-0.25, -0.2) is 13.3 Å². The molecule has 4 nitrogen and oxygen atoms in total. The van der Waals surface area contributed by atoms with Gasteiger partial charge >= 0.3 is 5.69 Å². The first kappa shape index (κ1) is 17.7. The number of benzene rings is 2. The molecule has 0 bridgehead atoms. The first-order valence-electron chi connectivity index (χ1n) is 6.57. The van der Waals surface area contributed by atoms with Crippen molar-refractivity contribution in [2.75, 3.05) is 0 Å². The molecule has 0 amide bonds. The number of nitrogens with zero attached hydrogens (tertiary/aromatic N) is 2. The summed E-state index contributed by atoms with van der Waals surface area (Å²) in [7, 11) is 0. The van der Waals surface area contributed by atoms with Crippen LogP contribution in [-0.2, 0) is 0 Å². The van der Waals surface area contributed by atoms with Gasteiger partial charge in [0.25, 0.3) is 8.68 Å². The normalized spacial score (nSPS) is 11.8. The molecular weight excluding hydrogens is 414 g/mol. The van der Waals surface area contributed by atoms with Crippen LogP contribution in [0.1, 0.15) is 0 Å². The smallest absolute Gasteiger partial charge is 0.268 e. The number of hydrogen-bond donors (Lipinski definition) is 0. The summed E-state index contributed by atoms with van der Waals surface area (Å²) in [5.74, 6) is 0. The lowest BCUT2D eigenvalue weighted by molar-refractivity contribution is 0.880. The molecule has 9 heteroatoms. The maximum atomic E-state index is 12.9. The van der Waals surface area contributed by atoms with E-state index in [1.165, 1.54) is 3.97 Å². The molecule has 0 saturated heterocycles. The largest absolute Gasteiger partial charge is 0.346 e. The molecule has 124 valence electrons. The van der Waals surface area contributed by atoms with Gasteiger partial charge in [0, 0.05) is 17.0 Å². The SMILES string of the molecule is O=c1c2ccccc2n(SC(Cl)(Cl)Cl)c(=O)n1-c1ccc(Cl)cc1. The van der Waals surface area contributed by atoms with E-state index in [2.05, 4.69) is 0 Å². The van der Waals surface area contributed by atoms with Crippen LogP contribution in [0.5, 0.6) is 0 Å². The molecule has 3 rings (SSSR count). The van der Waals surface area contributed by atoms with Gasteiger partial charge in [-0.05, 0) is 36.4 Å². The Labute approximate surface area is 160 Å². The standard InChI is InChI=1S/C15H8Cl4N2O2S/c16-9-5-7-10(8-6-9)20-13(22)11-3-1-2-4-12(11)21(14(20)23)24-15(17,18)19/h1-8H. The van der Waals surface area contributed by atoms with Crippen LogP contribution in [0.4, 0.5) is 0 Å². The number of aromatic nitrogens is 2. The van der Waals surface area contributed by atoms with Crippen LogP contribution in [0.2, 0.25) is 5.02 Å². The van der Waals surface area contributed by atoms with Crippen molar-refractivity contribution in [3.8, 4) is 5.69 Å². The predicted molar refractivity (Wildman–Crippen MR) is 102 cm³/mol. The van der Waals surface area contributed by atoms with Crippen LogP contribution in [-0.4, -0.2) is 11.7 Å². The molecule has 2 aromatic carbocycles. The van der Waals surface area contributed by atoms with Crippen LogP contribution >= 0.6 is 58.4 Å². The van der Waals surface area contributed by atoms with Crippen molar-refractivity contribution in [2.24, 2.45) is 0 Å². The summed E-state index contributed by atoms with van der Waals surface area (Å²) in [4.78, 5) is 25.6. The molecule has 1 aromatic heterocycles. The van der Waals surface area contributed by atoms with E-state index < -0.39 is 14.4 Å². The molecule has 3 aromatic rings. The molecule has 0 aliphatic rings. The Morgan fingerprint density at radius 2 is 1.54 bits per heavy atom. The third-order valence-electron chi connectivity index (χ3n) is 3.20. The molecule has 0 unspecified atom stereocenters. The average molecular weight is 422 g/mol. The first-order valence-corrected chi connectivity index (χ1v) is 8.85. The molecular formula is C15H8Cl4N2O2S. The van der Waals surface area contributed by atoms with Gasteiger partial charge < -0.3 is 0 Å². The highest BCUT2D eigenvalue weighted by Crippen LogP contribution is 2.39. The van der Waals surface area contributed by atoms with Gasteiger partial charge in [0.2, 0.25) is 0 Å². The van der Waals surface area contributed by atoms with Crippen molar-refractivity contribution in [3.63, 3.8) is 0 Å². The van der Waals surface area contributed by atoms with Gasteiger partial charge in [0.05, 0.1) is 16.6 Å². The Morgan fingerprint density at radius 3 is 2.17 bits per heavy atom. The van der Waals surface area contributed by atoms with Crippen LogP contribution in [0.25, 0.3) is 16.6 Å². The fraction of sp³-hybridized carbons (Fsp3) is 0.0667. The zero-order valence-electron chi connectivity index (χ0n) is 11.7. The van der Waals surface area contributed by atoms with Gasteiger partial charge in [0.15, 0.2) is 0 Å². The summed E-state index contributed by atoms with van der Waals surface area (Å²) < 4.78 is 0.440. The van der Waals surface area contributed by atoms with Crippen molar-refractivity contribution >= 4 is 69.3 Å². The minimum absolute atomic E-state index is 0.328. The molecule has 0 N–H and O–H groups in total. The second-order valence-corrected chi connectivity index (χ2v) is 9.30. The Balaban J connectivity index is 2.40.